The zero-order chi connectivity index (χ0) is 8.65. The molecule has 0 saturated heterocycles. The Morgan fingerprint density at radius 1 is 0.900 bits per heavy atom. The number of alkyl halides is 3. The molecule has 0 atom stereocenters. The normalized spacial score (nSPS) is 18.1. The summed E-state index contributed by atoms with van der Waals surface area (Å²) >= 11 is -2.52. The average Bonchev–Trinajstić information content (AvgIpc) is 1.09. The SMILES string of the molecule is FC(F)(F)SP(F)(F)(F)F. The number of rotatable bonds is 1. The molecule has 10 heavy (non-hydrogen) atoms. The molecular formula is CF7PS. The van der Waals surface area contributed by atoms with E-state index in [0.717, 1.165) is 0 Å². The number of halogens is 7. The summed E-state index contributed by atoms with van der Waals surface area (Å²) in [6.45, 7) is 0. The van der Waals surface area contributed by atoms with Gasteiger partial charge in [-0.15, -0.1) is 0 Å². The summed E-state index contributed by atoms with van der Waals surface area (Å²) < 4.78 is 76.3. The van der Waals surface area contributed by atoms with E-state index in [9.17, 15) is 30.0 Å². The molecule has 0 aliphatic rings. The molecule has 0 radical (unpaired) electrons. The van der Waals surface area contributed by atoms with Crippen LogP contribution < -0.4 is 0 Å². The predicted octanol–water partition coefficient (Wildman–Crippen LogP) is 4.25. The third-order valence-corrected chi connectivity index (χ3v) is 2.17. The molecule has 0 nitrogen and oxygen atoms in total. The van der Waals surface area contributed by atoms with Crippen LogP contribution in [0.1, 0.15) is 0 Å². The molecule has 0 aromatic heterocycles. The minimum atomic E-state index is -8.45. The van der Waals surface area contributed by atoms with Gasteiger partial charge < -0.3 is 0 Å². The van der Waals surface area contributed by atoms with Crippen LogP contribution in [0, 0.1) is 0 Å². The van der Waals surface area contributed by atoms with Gasteiger partial charge in [-0.3, -0.25) is 0 Å². The van der Waals surface area contributed by atoms with E-state index in [0.29, 0.717) is 0 Å². The van der Waals surface area contributed by atoms with Crippen LogP contribution in [0.25, 0.3) is 0 Å². The van der Waals surface area contributed by atoms with Gasteiger partial charge in [0, 0.05) is 0 Å². The third-order valence-electron chi connectivity index (χ3n) is 0.242. The summed E-state index contributed by atoms with van der Waals surface area (Å²) in [6, 6.07) is 0. The summed E-state index contributed by atoms with van der Waals surface area (Å²) in [7, 11) is -8.45. The summed E-state index contributed by atoms with van der Waals surface area (Å²) in [4.78, 5) is 0. The van der Waals surface area contributed by atoms with Crippen molar-refractivity contribution in [3.05, 3.63) is 0 Å². The standard InChI is InChI=1S/CF7PS/c2-1(3,4)10-9(5,6,7)8. The van der Waals surface area contributed by atoms with Crippen molar-refractivity contribution in [2.24, 2.45) is 0 Å². The third kappa shape index (κ3) is 8.29. The molecule has 0 unspecified atom stereocenters. The first-order valence-corrected chi connectivity index (χ1v) is 4.85. The molecule has 0 fully saturated rings. The van der Waals surface area contributed by atoms with Crippen LogP contribution in [0.4, 0.5) is 30.0 Å². The first-order valence-electron chi connectivity index (χ1n) is 1.63. The Morgan fingerprint density at radius 2 is 1.20 bits per heavy atom. The van der Waals surface area contributed by atoms with Gasteiger partial charge in [-0.2, -0.15) is 0 Å². The molecule has 64 valence electrons. The molecule has 0 aliphatic carbocycles. The number of hydrogen-bond acceptors (Lipinski definition) is 1. The van der Waals surface area contributed by atoms with Crippen molar-refractivity contribution in [3.8, 4) is 0 Å². The molecular weight excluding hydrogens is 208 g/mol. The monoisotopic (exact) mass is 208 g/mol. The van der Waals surface area contributed by atoms with Crippen molar-refractivity contribution in [2.75, 3.05) is 0 Å². The summed E-state index contributed by atoms with van der Waals surface area (Å²) in [6.07, 6.45) is 0. The van der Waals surface area contributed by atoms with Crippen LogP contribution in [0.15, 0.2) is 0 Å². The molecule has 0 aromatic carbocycles. The molecule has 0 amide bonds. The quantitative estimate of drug-likeness (QED) is 0.458. The van der Waals surface area contributed by atoms with E-state index in [1.54, 1.807) is 0 Å². The van der Waals surface area contributed by atoms with Crippen LogP contribution in [-0.2, 0) is 0 Å². The fraction of sp³-hybridized carbons (Fsp3) is 1.00. The van der Waals surface area contributed by atoms with Gasteiger partial charge >= 0.3 is 53.9 Å². The van der Waals surface area contributed by atoms with E-state index in [1.165, 1.54) is 0 Å². The van der Waals surface area contributed by atoms with E-state index in [1.807, 2.05) is 0 Å². The molecule has 0 aliphatic heterocycles. The zero-order valence-electron chi connectivity index (χ0n) is 4.00. The Hall–Kier alpha value is 0.290. The number of hydrogen-bond donors (Lipinski definition) is 0. The topological polar surface area (TPSA) is 0 Å². The second-order valence-corrected chi connectivity index (χ2v) is 5.36. The van der Waals surface area contributed by atoms with Crippen molar-refractivity contribution in [2.45, 2.75) is 5.51 Å². The Morgan fingerprint density at radius 3 is 1.20 bits per heavy atom. The molecule has 0 bridgehead atoms. The average molecular weight is 208 g/mol. The van der Waals surface area contributed by atoms with Crippen LogP contribution in [-0.4, -0.2) is 5.51 Å². The van der Waals surface area contributed by atoms with Crippen LogP contribution in [0.2, 0.25) is 0 Å². The molecule has 0 heterocycles. The van der Waals surface area contributed by atoms with Gasteiger partial charge in [-0.1, -0.05) is 0 Å². The molecule has 9 heteroatoms. The van der Waals surface area contributed by atoms with Crippen LogP contribution in [0.3, 0.4) is 0 Å². The Kier molecular flexibility index (Phi) is 2.20. The van der Waals surface area contributed by atoms with E-state index in [-0.39, 0.29) is 0 Å². The predicted molar refractivity (Wildman–Crippen MR) is 25.0 cm³/mol. The maximum absolute atomic E-state index is 10.9. The Labute approximate surface area is 54.9 Å². The fourth-order valence-corrected chi connectivity index (χ4v) is 1.41. The van der Waals surface area contributed by atoms with Gasteiger partial charge in [0.05, 0.1) is 0 Å². The Bertz CT molecular complexity index is 120. The molecule has 0 aromatic rings. The van der Waals surface area contributed by atoms with Crippen molar-refractivity contribution in [1.29, 1.82) is 0 Å². The van der Waals surface area contributed by atoms with Crippen molar-refractivity contribution in [1.82, 2.24) is 0 Å². The first-order chi connectivity index (χ1) is 3.96. The van der Waals surface area contributed by atoms with E-state index in [4.69, 9.17) is 0 Å². The Balaban J connectivity index is 4.18. The van der Waals surface area contributed by atoms with Gasteiger partial charge in [0.15, 0.2) is 0 Å². The van der Waals surface area contributed by atoms with Gasteiger partial charge in [0.2, 0.25) is 0 Å². The second kappa shape index (κ2) is 2.14. The molecule has 0 rings (SSSR count). The summed E-state index contributed by atoms with van der Waals surface area (Å²) in [5, 5.41) is 0. The van der Waals surface area contributed by atoms with Crippen molar-refractivity contribution < 1.29 is 30.0 Å². The molecule has 0 spiro atoms. The minimum absolute atomic E-state index is 2.52. The van der Waals surface area contributed by atoms with E-state index in [2.05, 4.69) is 0 Å². The first kappa shape index (κ1) is 10.3. The van der Waals surface area contributed by atoms with E-state index >= 15 is 0 Å². The van der Waals surface area contributed by atoms with Crippen LogP contribution >= 0.6 is 18.4 Å². The van der Waals surface area contributed by atoms with Crippen molar-refractivity contribution >= 4 is 18.4 Å². The van der Waals surface area contributed by atoms with Gasteiger partial charge in [0.1, 0.15) is 0 Å². The maximum atomic E-state index is 10.9. The van der Waals surface area contributed by atoms with E-state index < -0.39 is 23.9 Å². The summed E-state index contributed by atoms with van der Waals surface area (Å²) in [5.41, 5.74) is -5.58. The van der Waals surface area contributed by atoms with Gasteiger partial charge in [0.25, 0.3) is 0 Å². The van der Waals surface area contributed by atoms with Gasteiger partial charge in [-0.05, 0) is 0 Å². The van der Waals surface area contributed by atoms with Crippen LogP contribution in [0.5, 0.6) is 0 Å². The fourth-order valence-electron chi connectivity index (χ4n) is 0.156. The van der Waals surface area contributed by atoms with Crippen molar-refractivity contribution in [3.63, 3.8) is 0 Å². The van der Waals surface area contributed by atoms with Gasteiger partial charge in [-0.25, -0.2) is 0 Å². The molecule has 0 saturated carbocycles. The molecule has 0 N–H and O–H groups in total. The zero-order valence-corrected chi connectivity index (χ0v) is 5.71. The second-order valence-electron chi connectivity index (χ2n) is 1.20. The summed E-state index contributed by atoms with van der Waals surface area (Å²) in [5.74, 6) is 0.